The number of ketones is 1. The first-order chi connectivity index (χ1) is 15.5. The molecule has 1 atom stereocenters. The van der Waals surface area contributed by atoms with Crippen LogP contribution in [0, 0.1) is 0 Å². The highest BCUT2D eigenvalue weighted by atomic mass is 32.2. The van der Waals surface area contributed by atoms with E-state index in [9.17, 15) is 9.59 Å². The van der Waals surface area contributed by atoms with Crippen molar-refractivity contribution >= 4 is 40.2 Å². The average molecular weight is 456 g/mol. The zero-order chi connectivity index (χ0) is 22.9. The molecule has 0 aliphatic carbocycles. The lowest BCUT2D eigenvalue weighted by atomic mass is 10.0. The molecule has 168 valence electrons. The van der Waals surface area contributed by atoms with E-state index in [2.05, 4.69) is 14.7 Å². The number of fused-ring (bicyclic) bond motifs is 1. The van der Waals surface area contributed by atoms with Crippen LogP contribution < -0.4 is 5.32 Å². The Hall–Kier alpha value is -2.75. The van der Waals surface area contributed by atoms with Crippen molar-refractivity contribution in [2.24, 2.45) is 0 Å². The molecule has 0 radical (unpaired) electrons. The Bertz CT molecular complexity index is 1070. The predicted octanol–water partition coefficient (Wildman–Crippen LogP) is 5.45. The number of methoxy groups -OCH3 is 1. The highest BCUT2D eigenvalue weighted by Gasteiger charge is 2.15. The number of aryl methyl sites for hydroxylation is 1. The van der Waals surface area contributed by atoms with Gasteiger partial charge in [0, 0.05) is 19.1 Å². The Kier molecular flexibility index (Phi) is 8.78. The van der Waals surface area contributed by atoms with Crippen LogP contribution in [-0.2, 0) is 25.3 Å². The standard InChI is InChI=1S/C24H25NO6S/c1-16(26)15-20(29-2)13-9-17-7-10-19(11-8-17)24(27)25-22-14-12-18-5-3-4-6-21(18)23(22)32-31-30-28/h3-8,10-12,14,20,28H,9,13,15H2,1-2H3,(H,25,27). The van der Waals surface area contributed by atoms with Gasteiger partial charge in [0.05, 0.1) is 28.7 Å². The number of amides is 1. The molecule has 8 heteroatoms. The van der Waals surface area contributed by atoms with Gasteiger partial charge in [-0.3, -0.25) is 9.59 Å². The van der Waals surface area contributed by atoms with Gasteiger partial charge in [-0.1, -0.05) is 47.5 Å². The number of carbonyl (C=O) groups excluding carboxylic acids is 2. The lowest BCUT2D eigenvalue weighted by Gasteiger charge is -2.14. The van der Waals surface area contributed by atoms with E-state index in [-0.39, 0.29) is 17.8 Å². The molecule has 0 aromatic heterocycles. The summed E-state index contributed by atoms with van der Waals surface area (Å²) < 4.78 is 10.00. The molecule has 7 nitrogen and oxygen atoms in total. The van der Waals surface area contributed by atoms with Gasteiger partial charge in [0.1, 0.15) is 5.78 Å². The molecule has 3 aromatic carbocycles. The van der Waals surface area contributed by atoms with Crippen LogP contribution >= 0.6 is 12.0 Å². The number of benzene rings is 3. The van der Waals surface area contributed by atoms with Crippen LogP contribution in [0.5, 0.6) is 0 Å². The average Bonchev–Trinajstić information content (AvgIpc) is 2.81. The fourth-order valence-corrected chi connectivity index (χ4v) is 4.03. The minimum atomic E-state index is -0.273. The zero-order valence-corrected chi connectivity index (χ0v) is 18.7. The summed E-state index contributed by atoms with van der Waals surface area (Å²) in [6.07, 6.45) is 1.77. The molecular formula is C24H25NO6S. The highest BCUT2D eigenvalue weighted by molar-refractivity contribution is 7.95. The van der Waals surface area contributed by atoms with Gasteiger partial charge in [-0.2, -0.15) is 0 Å². The first-order valence-electron chi connectivity index (χ1n) is 10.1. The maximum Gasteiger partial charge on any atom is 0.255 e. The summed E-state index contributed by atoms with van der Waals surface area (Å²) in [6, 6.07) is 18.6. The molecule has 2 N–H and O–H groups in total. The minimum Gasteiger partial charge on any atom is -0.381 e. The Morgan fingerprint density at radius 2 is 1.81 bits per heavy atom. The van der Waals surface area contributed by atoms with Crippen LogP contribution in [0.15, 0.2) is 65.6 Å². The van der Waals surface area contributed by atoms with Gasteiger partial charge in [-0.15, -0.1) is 4.33 Å². The summed E-state index contributed by atoms with van der Waals surface area (Å²) in [7, 11) is 1.61. The highest BCUT2D eigenvalue weighted by Crippen LogP contribution is 2.35. The fraction of sp³-hybridized carbons (Fsp3) is 0.250. The smallest absolute Gasteiger partial charge is 0.255 e. The van der Waals surface area contributed by atoms with Crippen LogP contribution in [-0.4, -0.2) is 30.2 Å². The molecule has 0 fully saturated rings. The molecule has 0 bridgehead atoms. The summed E-state index contributed by atoms with van der Waals surface area (Å²) in [5, 5.41) is 17.0. The Morgan fingerprint density at radius 1 is 1.06 bits per heavy atom. The molecule has 3 rings (SSSR count). The lowest BCUT2D eigenvalue weighted by Crippen LogP contribution is -2.15. The summed E-state index contributed by atoms with van der Waals surface area (Å²) in [5.74, 6) is -0.170. The van der Waals surface area contributed by atoms with Gasteiger partial charge in [0.25, 0.3) is 5.91 Å². The summed E-state index contributed by atoms with van der Waals surface area (Å²) in [4.78, 5) is 24.7. The zero-order valence-electron chi connectivity index (χ0n) is 17.9. The maximum atomic E-state index is 12.8. The summed E-state index contributed by atoms with van der Waals surface area (Å²) in [5.41, 5.74) is 2.10. The Labute approximate surface area is 190 Å². The van der Waals surface area contributed by atoms with Crippen molar-refractivity contribution in [2.75, 3.05) is 12.4 Å². The molecule has 32 heavy (non-hydrogen) atoms. The van der Waals surface area contributed by atoms with E-state index in [1.165, 1.54) is 0 Å². The first-order valence-corrected chi connectivity index (χ1v) is 10.8. The predicted molar refractivity (Wildman–Crippen MR) is 123 cm³/mol. The number of hydrogen-bond acceptors (Lipinski definition) is 7. The van der Waals surface area contributed by atoms with Crippen molar-refractivity contribution in [3.63, 3.8) is 0 Å². The van der Waals surface area contributed by atoms with Crippen LogP contribution in [0.4, 0.5) is 5.69 Å². The molecular weight excluding hydrogens is 430 g/mol. The molecule has 0 heterocycles. The monoisotopic (exact) mass is 455 g/mol. The number of anilines is 1. The number of Topliss-reactive ketones (excluding diaryl/α,β-unsaturated/α-hetero) is 1. The second-order valence-corrected chi connectivity index (χ2v) is 8.05. The molecule has 1 unspecified atom stereocenters. The van der Waals surface area contributed by atoms with E-state index in [0.29, 0.717) is 22.6 Å². The second-order valence-electron chi connectivity index (χ2n) is 7.34. The van der Waals surface area contributed by atoms with Crippen molar-refractivity contribution in [1.82, 2.24) is 0 Å². The van der Waals surface area contributed by atoms with Gasteiger partial charge in [0.2, 0.25) is 0 Å². The maximum absolute atomic E-state index is 12.8. The molecule has 0 saturated heterocycles. The van der Waals surface area contributed by atoms with E-state index in [1.807, 2.05) is 42.5 Å². The van der Waals surface area contributed by atoms with Crippen molar-refractivity contribution in [2.45, 2.75) is 37.2 Å². The van der Waals surface area contributed by atoms with Crippen LogP contribution in [0.2, 0.25) is 0 Å². The number of rotatable bonds is 11. The van der Waals surface area contributed by atoms with Crippen molar-refractivity contribution < 1.29 is 29.0 Å². The topological polar surface area (TPSA) is 94.1 Å². The SMILES string of the molecule is COC(CCc1ccc(C(=O)Nc2ccc3ccccc3c2SOOO)cc1)CC(C)=O. The first kappa shape index (κ1) is 23.9. The lowest BCUT2D eigenvalue weighted by molar-refractivity contribution is -0.432. The van der Waals surface area contributed by atoms with E-state index in [4.69, 9.17) is 9.99 Å². The third-order valence-corrected chi connectivity index (χ3v) is 5.83. The molecule has 0 saturated carbocycles. The van der Waals surface area contributed by atoms with E-state index >= 15 is 0 Å². The minimum absolute atomic E-state index is 0.103. The van der Waals surface area contributed by atoms with Crippen molar-refractivity contribution in [1.29, 1.82) is 0 Å². The van der Waals surface area contributed by atoms with Crippen molar-refractivity contribution in [3.05, 3.63) is 71.8 Å². The molecule has 0 spiro atoms. The quantitative estimate of drug-likeness (QED) is 0.226. The summed E-state index contributed by atoms with van der Waals surface area (Å²) >= 11 is 0.809. The van der Waals surface area contributed by atoms with Crippen LogP contribution in [0.3, 0.4) is 0 Å². The van der Waals surface area contributed by atoms with E-state index < -0.39 is 0 Å². The Morgan fingerprint density at radius 3 is 2.50 bits per heavy atom. The van der Waals surface area contributed by atoms with Gasteiger partial charge < -0.3 is 10.1 Å². The normalized spacial score (nSPS) is 12.0. The third kappa shape index (κ3) is 6.38. The van der Waals surface area contributed by atoms with Gasteiger partial charge in [-0.25, -0.2) is 5.26 Å². The summed E-state index contributed by atoms with van der Waals surface area (Å²) in [6.45, 7) is 1.56. The molecule has 0 aliphatic heterocycles. The second kappa shape index (κ2) is 11.8. The third-order valence-electron chi connectivity index (χ3n) is 5.10. The number of nitrogens with one attached hydrogen (secondary N) is 1. The molecule has 0 aliphatic rings. The van der Waals surface area contributed by atoms with Crippen molar-refractivity contribution in [3.8, 4) is 0 Å². The van der Waals surface area contributed by atoms with E-state index in [0.717, 1.165) is 41.2 Å². The van der Waals surface area contributed by atoms with Gasteiger partial charge in [0.15, 0.2) is 0 Å². The largest absolute Gasteiger partial charge is 0.381 e. The number of ether oxygens (including phenoxy) is 1. The molecule has 3 aromatic rings. The van der Waals surface area contributed by atoms with Gasteiger partial charge in [-0.05, 0) is 54.3 Å². The van der Waals surface area contributed by atoms with E-state index in [1.54, 1.807) is 32.2 Å². The van der Waals surface area contributed by atoms with Crippen LogP contribution in [0.1, 0.15) is 35.7 Å². The van der Waals surface area contributed by atoms with Gasteiger partial charge >= 0.3 is 0 Å². The fourth-order valence-electron chi connectivity index (χ4n) is 3.45. The molecule has 1 amide bonds. The van der Waals surface area contributed by atoms with Crippen LogP contribution in [0.25, 0.3) is 10.8 Å². The number of carbonyl (C=O) groups is 2. The number of hydrogen-bond donors (Lipinski definition) is 2. The Balaban J connectivity index is 1.70.